The highest BCUT2D eigenvalue weighted by molar-refractivity contribution is 7.91. The van der Waals surface area contributed by atoms with Crippen LogP contribution in [0.25, 0.3) is 0 Å². The van der Waals surface area contributed by atoms with Gasteiger partial charge in [-0.2, -0.15) is 0 Å². The molecular formula is C12H18N2O2S. The summed E-state index contributed by atoms with van der Waals surface area (Å²) in [5, 5.41) is 0. The summed E-state index contributed by atoms with van der Waals surface area (Å²) in [7, 11) is -2.80. The number of nitrogens with two attached hydrogens (primary N) is 1. The molecule has 1 heterocycles. The van der Waals surface area contributed by atoms with Crippen LogP contribution < -0.4 is 11.3 Å². The second-order valence-electron chi connectivity index (χ2n) is 4.63. The maximum atomic E-state index is 11.4. The van der Waals surface area contributed by atoms with Gasteiger partial charge in [0.1, 0.15) is 0 Å². The van der Waals surface area contributed by atoms with Crippen molar-refractivity contribution in [1.29, 1.82) is 0 Å². The molecule has 4 nitrogen and oxygen atoms in total. The Morgan fingerprint density at radius 3 is 2.59 bits per heavy atom. The Balaban J connectivity index is 2.02. The SMILES string of the molecule is NNC(CC1CCS(=O)(=O)C1)c1ccccc1. The zero-order valence-corrected chi connectivity index (χ0v) is 10.5. The predicted molar refractivity (Wildman–Crippen MR) is 67.9 cm³/mol. The Labute approximate surface area is 102 Å². The Bertz CT molecular complexity index is 459. The van der Waals surface area contributed by atoms with Crippen molar-refractivity contribution in [2.75, 3.05) is 11.5 Å². The zero-order valence-electron chi connectivity index (χ0n) is 9.67. The van der Waals surface area contributed by atoms with Crippen LogP contribution >= 0.6 is 0 Å². The van der Waals surface area contributed by atoms with Gasteiger partial charge in [-0.15, -0.1) is 0 Å². The van der Waals surface area contributed by atoms with Crippen molar-refractivity contribution in [3.05, 3.63) is 35.9 Å². The molecule has 94 valence electrons. The Kier molecular flexibility index (Phi) is 3.81. The lowest BCUT2D eigenvalue weighted by Gasteiger charge is -2.19. The molecule has 1 aromatic rings. The summed E-state index contributed by atoms with van der Waals surface area (Å²) in [6, 6.07) is 9.93. The minimum atomic E-state index is -2.80. The number of rotatable bonds is 4. The van der Waals surface area contributed by atoms with E-state index in [-0.39, 0.29) is 12.0 Å². The average molecular weight is 254 g/mol. The molecule has 1 aromatic carbocycles. The van der Waals surface area contributed by atoms with E-state index < -0.39 is 9.84 Å². The lowest BCUT2D eigenvalue weighted by Crippen LogP contribution is -2.30. The molecule has 2 unspecified atom stereocenters. The largest absolute Gasteiger partial charge is 0.271 e. The van der Waals surface area contributed by atoms with E-state index in [1.165, 1.54) is 0 Å². The zero-order chi connectivity index (χ0) is 12.3. The van der Waals surface area contributed by atoms with Crippen LogP contribution in [0, 0.1) is 5.92 Å². The first kappa shape index (κ1) is 12.5. The monoisotopic (exact) mass is 254 g/mol. The minimum absolute atomic E-state index is 0.0366. The van der Waals surface area contributed by atoms with Crippen LogP contribution in [0.2, 0.25) is 0 Å². The molecule has 1 aliphatic rings. The number of hydrogen-bond acceptors (Lipinski definition) is 4. The molecule has 2 rings (SSSR count). The van der Waals surface area contributed by atoms with Gasteiger partial charge < -0.3 is 0 Å². The molecule has 0 saturated carbocycles. The molecule has 0 aromatic heterocycles. The first-order valence-electron chi connectivity index (χ1n) is 5.82. The summed E-state index contributed by atoms with van der Waals surface area (Å²) >= 11 is 0. The molecule has 3 N–H and O–H groups in total. The van der Waals surface area contributed by atoms with E-state index in [1.807, 2.05) is 30.3 Å². The van der Waals surface area contributed by atoms with Gasteiger partial charge in [0.15, 0.2) is 9.84 Å². The van der Waals surface area contributed by atoms with Crippen molar-refractivity contribution in [3.63, 3.8) is 0 Å². The Hall–Kier alpha value is -0.910. The molecule has 2 atom stereocenters. The molecule has 0 amide bonds. The first-order valence-corrected chi connectivity index (χ1v) is 7.64. The lowest BCUT2D eigenvalue weighted by molar-refractivity contribution is 0.421. The van der Waals surface area contributed by atoms with Crippen LogP contribution in [-0.2, 0) is 9.84 Å². The fraction of sp³-hybridized carbons (Fsp3) is 0.500. The minimum Gasteiger partial charge on any atom is -0.271 e. The third kappa shape index (κ3) is 3.28. The van der Waals surface area contributed by atoms with E-state index in [0.717, 1.165) is 18.4 Å². The Morgan fingerprint density at radius 1 is 1.35 bits per heavy atom. The maximum absolute atomic E-state index is 11.4. The molecule has 0 radical (unpaired) electrons. The average Bonchev–Trinajstić information content (AvgIpc) is 2.67. The number of benzene rings is 1. The maximum Gasteiger partial charge on any atom is 0.150 e. The summed E-state index contributed by atoms with van der Waals surface area (Å²) in [5.41, 5.74) is 3.89. The van der Waals surface area contributed by atoms with Crippen LogP contribution in [-0.4, -0.2) is 19.9 Å². The fourth-order valence-corrected chi connectivity index (χ4v) is 4.26. The molecule has 1 fully saturated rings. The van der Waals surface area contributed by atoms with Crippen molar-refractivity contribution in [3.8, 4) is 0 Å². The van der Waals surface area contributed by atoms with Crippen molar-refractivity contribution in [2.45, 2.75) is 18.9 Å². The molecule has 0 bridgehead atoms. The normalized spacial score (nSPS) is 24.6. The summed E-state index contributed by atoms with van der Waals surface area (Å²) in [5.74, 6) is 6.40. The number of nitrogens with one attached hydrogen (secondary N) is 1. The van der Waals surface area contributed by atoms with Gasteiger partial charge in [-0.05, 0) is 24.3 Å². The van der Waals surface area contributed by atoms with Crippen LogP contribution in [0.5, 0.6) is 0 Å². The lowest BCUT2D eigenvalue weighted by atomic mass is 9.95. The highest BCUT2D eigenvalue weighted by Crippen LogP contribution is 2.28. The van der Waals surface area contributed by atoms with Gasteiger partial charge in [0.05, 0.1) is 11.5 Å². The van der Waals surface area contributed by atoms with Crippen LogP contribution in [0.4, 0.5) is 0 Å². The summed E-state index contributed by atoms with van der Waals surface area (Å²) < 4.78 is 22.8. The van der Waals surface area contributed by atoms with E-state index in [2.05, 4.69) is 5.43 Å². The van der Waals surface area contributed by atoms with E-state index in [1.54, 1.807) is 0 Å². The van der Waals surface area contributed by atoms with Crippen LogP contribution in [0.15, 0.2) is 30.3 Å². The molecule has 1 saturated heterocycles. The molecule has 0 spiro atoms. The van der Waals surface area contributed by atoms with Gasteiger partial charge in [-0.25, -0.2) is 8.42 Å². The summed E-state index contributed by atoms with van der Waals surface area (Å²) in [6.07, 6.45) is 1.53. The van der Waals surface area contributed by atoms with Gasteiger partial charge in [0.2, 0.25) is 0 Å². The third-order valence-corrected chi connectivity index (χ3v) is 5.14. The summed E-state index contributed by atoms with van der Waals surface area (Å²) in [6.45, 7) is 0. The quantitative estimate of drug-likeness (QED) is 0.621. The van der Waals surface area contributed by atoms with Crippen molar-refractivity contribution in [1.82, 2.24) is 5.43 Å². The van der Waals surface area contributed by atoms with E-state index in [9.17, 15) is 8.42 Å². The second kappa shape index (κ2) is 5.16. The standard InChI is InChI=1S/C12H18N2O2S/c13-14-12(11-4-2-1-3-5-11)8-10-6-7-17(15,16)9-10/h1-5,10,12,14H,6-9,13H2. The number of sulfone groups is 1. The number of hydrogen-bond donors (Lipinski definition) is 2. The highest BCUT2D eigenvalue weighted by atomic mass is 32.2. The topological polar surface area (TPSA) is 72.2 Å². The van der Waals surface area contributed by atoms with E-state index in [0.29, 0.717) is 11.5 Å². The first-order chi connectivity index (χ1) is 8.11. The molecule has 17 heavy (non-hydrogen) atoms. The third-order valence-electron chi connectivity index (χ3n) is 3.30. The molecule has 1 aliphatic heterocycles. The molecule has 5 heteroatoms. The van der Waals surface area contributed by atoms with Crippen LogP contribution in [0.1, 0.15) is 24.4 Å². The van der Waals surface area contributed by atoms with Crippen molar-refractivity contribution >= 4 is 9.84 Å². The van der Waals surface area contributed by atoms with Gasteiger partial charge in [-0.3, -0.25) is 11.3 Å². The second-order valence-corrected chi connectivity index (χ2v) is 6.86. The summed E-state index contributed by atoms with van der Waals surface area (Å²) in [4.78, 5) is 0. The Morgan fingerprint density at radius 2 is 2.06 bits per heavy atom. The van der Waals surface area contributed by atoms with Crippen molar-refractivity contribution in [2.24, 2.45) is 11.8 Å². The van der Waals surface area contributed by atoms with Crippen LogP contribution in [0.3, 0.4) is 0 Å². The van der Waals surface area contributed by atoms with E-state index in [4.69, 9.17) is 5.84 Å². The van der Waals surface area contributed by atoms with Crippen molar-refractivity contribution < 1.29 is 8.42 Å². The van der Waals surface area contributed by atoms with Gasteiger partial charge in [0, 0.05) is 6.04 Å². The molecule has 0 aliphatic carbocycles. The van der Waals surface area contributed by atoms with Gasteiger partial charge in [-0.1, -0.05) is 30.3 Å². The van der Waals surface area contributed by atoms with E-state index >= 15 is 0 Å². The molecular weight excluding hydrogens is 236 g/mol. The van der Waals surface area contributed by atoms with Gasteiger partial charge >= 0.3 is 0 Å². The number of hydrazine groups is 1. The highest BCUT2D eigenvalue weighted by Gasteiger charge is 2.29. The smallest absolute Gasteiger partial charge is 0.150 e. The fourth-order valence-electron chi connectivity index (χ4n) is 2.38. The van der Waals surface area contributed by atoms with Gasteiger partial charge in [0.25, 0.3) is 0 Å². The predicted octanol–water partition coefficient (Wildman–Crippen LogP) is 1.02.